The smallest absolute Gasteiger partial charge is 0.261 e. The fourth-order valence-electron chi connectivity index (χ4n) is 4.23. The predicted octanol–water partition coefficient (Wildman–Crippen LogP) is 7.37. The van der Waals surface area contributed by atoms with E-state index in [2.05, 4.69) is 20.8 Å². The fourth-order valence-corrected chi connectivity index (χ4v) is 4.23. The van der Waals surface area contributed by atoms with Crippen molar-refractivity contribution >= 4 is 11.8 Å². The summed E-state index contributed by atoms with van der Waals surface area (Å²) in [5, 5.41) is 0. The lowest BCUT2D eigenvalue weighted by molar-refractivity contribution is -0.156. The SMILES string of the molecule is CCCCCCCCOC(C(=O)N(C)C)C(=O)N(CCCCCCCC)CCCCCCCC. The molecule has 34 heavy (non-hydrogen) atoms. The molecule has 0 N–H and O–H groups in total. The van der Waals surface area contributed by atoms with Gasteiger partial charge in [0.25, 0.3) is 11.8 Å². The molecule has 0 aliphatic carbocycles. The van der Waals surface area contributed by atoms with Gasteiger partial charge in [-0.15, -0.1) is 0 Å². The van der Waals surface area contributed by atoms with Crippen LogP contribution in [0.1, 0.15) is 136 Å². The summed E-state index contributed by atoms with van der Waals surface area (Å²) in [5.74, 6) is -0.362. The summed E-state index contributed by atoms with van der Waals surface area (Å²) in [4.78, 5) is 29.7. The van der Waals surface area contributed by atoms with Crippen LogP contribution in [-0.2, 0) is 14.3 Å². The number of nitrogens with zero attached hydrogens (tertiary/aromatic N) is 2. The quantitative estimate of drug-likeness (QED) is 0.107. The van der Waals surface area contributed by atoms with E-state index in [-0.39, 0.29) is 11.8 Å². The normalized spacial score (nSPS) is 12.0. The van der Waals surface area contributed by atoms with Crippen LogP contribution >= 0.6 is 0 Å². The molecule has 0 bridgehead atoms. The van der Waals surface area contributed by atoms with Gasteiger partial charge in [-0.25, -0.2) is 0 Å². The molecule has 0 heterocycles. The highest BCUT2D eigenvalue weighted by molar-refractivity contribution is 6.03. The maximum atomic E-state index is 13.5. The first-order chi connectivity index (χ1) is 16.5. The zero-order valence-corrected chi connectivity index (χ0v) is 23.5. The van der Waals surface area contributed by atoms with Gasteiger partial charge in [-0.05, 0) is 19.3 Å². The first-order valence-electron chi connectivity index (χ1n) is 14.6. The van der Waals surface area contributed by atoms with Crippen molar-refractivity contribution in [2.45, 2.75) is 142 Å². The summed E-state index contributed by atoms with van der Waals surface area (Å²) < 4.78 is 5.95. The van der Waals surface area contributed by atoms with Crippen molar-refractivity contribution in [1.29, 1.82) is 0 Å². The summed E-state index contributed by atoms with van der Waals surface area (Å²) in [6, 6.07) is 0. The number of carbonyl (C=O) groups is 2. The van der Waals surface area contributed by atoms with E-state index in [0.717, 1.165) is 51.6 Å². The van der Waals surface area contributed by atoms with Crippen molar-refractivity contribution in [3.05, 3.63) is 0 Å². The molecule has 5 heteroatoms. The lowest BCUT2D eigenvalue weighted by Crippen LogP contribution is -2.49. The van der Waals surface area contributed by atoms with Gasteiger partial charge < -0.3 is 14.5 Å². The Morgan fingerprint density at radius 3 is 1.35 bits per heavy atom. The van der Waals surface area contributed by atoms with Gasteiger partial charge in [0.2, 0.25) is 6.10 Å². The van der Waals surface area contributed by atoms with Crippen molar-refractivity contribution in [2.75, 3.05) is 33.8 Å². The van der Waals surface area contributed by atoms with Gasteiger partial charge in [-0.2, -0.15) is 0 Å². The Bertz CT molecular complexity index is 466. The van der Waals surface area contributed by atoms with Gasteiger partial charge in [-0.3, -0.25) is 9.59 Å². The zero-order chi connectivity index (χ0) is 25.4. The summed E-state index contributed by atoms with van der Waals surface area (Å²) in [7, 11) is 3.42. The molecule has 0 saturated heterocycles. The van der Waals surface area contributed by atoms with Crippen LogP contribution in [0.3, 0.4) is 0 Å². The van der Waals surface area contributed by atoms with Crippen molar-refractivity contribution in [3.63, 3.8) is 0 Å². The van der Waals surface area contributed by atoms with Gasteiger partial charge >= 0.3 is 0 Å². The molecule has 0 aromatic rings. The monoisotopic (exact) mass is 482 g/mol. The number of hydrogen-bond donors (Lipinski definition) is 0. The molecule has 0 fully saturated rings. The summed E-state index contributed by atoms with van der Waals surface area (Å²) in [6.07, 6.45) is 20.3. The van der Waals surface area contributed by atoms with E-state index in [1.165, 1.54) is 81.9 Å². The molecular weight excluding hydrogens is 424 g/mol. The molecule has 202 valence electrons. The van der Waals surface area contributed by atoms with E-state index in [4.69, 9.17) is 4.74 Å². The molecule has 1 unspecified atom stereocenters. The van der Waals surface area contributed by atoms with Crippen LogP contribution in [0.15, 0.2) is 0 Å². The molecule has 0 radical (unpaired) electrons. The molecule has 0 aromatic heterocycles. The largest absolute Gasteiger partial charge is 0.359 e. The summed E-state index contributed by atoms with van der Waals surface area (Å²) in [6.45, 7) is 8.62. The molecule has 2 amide bonds. The second-order valence-corrected chi connectivity index (χ2v) is 10.1. The zero-order valence-electron chi connectivity index (χ0n) is 23.5. The third kappa shape index (κ3) is 17.4. The second kappa shape index (κ2) is 23.6. The first kappa shape index (κ1) is 32.9. The van der Waals surface area contributed by atoms with Crippen molar-refractivity contribution in [1.82, 2.24) is 9.80 Å². The Morgan fingerprint density at radius 2 is 0.941 bits per heavy atom. The number of unbranched alkanes of at least 4 members (excludes halogenated alkanes) is 15. The average molecular weight is 483 g/mol. The summed E-state index contributed by atoms with van der Waals surface area (Å²) in [5.41, 5.74) is 0. The third-order valence-corrected chi connectivity index (χ3v) is 6.55. The van der Waals surface area contributed by atoms with E-state index < -0.39 is 6.10 Å². The van der Waals surface area contributed by atoms with Crippen LogP contribution in [0.2, 0.25) is 0 Å². The Labute approximate surface area is 212 Å². The molecule has 0 aliphatic rings. The maximum Gasteiger partial charge on any atom is 0.261 e. The van der Waals surface area contributed by atoms with Crippen molar-refractivity contribution in [2.24, 2.45) is 0 Å². The van der Waals surface area contributed by atoms with Gasteiger partial charge in [0.15, 0.2) is 0 Å². The van der Waals surface area contributed by atoms with E-state index >= 15 is 0 Å². The fraction of sp³-hybridized carbons (Fsp3) is 0.931. The van der Waals surface area contributed by atoms with E-state index in [1.54, 1.807) is 14.1 Å². The predicted molar refractivity (Wildman–Crippen MR) is 145 cm³/mol. The van der Waals surface area contributed by atoms with Crippen LogP contribution in [0.25, 0.3) is 0 Å². The standard InChI is InChI=1S/C29H58N2O3/c1-6-9-12-15-18-21-24-31(25-22-19-16-13-10-7-2)29(33)27(28(32)30(4)5)34-26-23-20-17-14-11-8-3/h27H,6-26H2,1-5H3. The lowest BCUT2D eigenvalue weighted by atomic mass is 10.1. The van der Waals surface area contributed by atoms with Crippen molar-refractivity contribution < 1.29 is 14.3 Å². The maximum absolute atomic E-state index is 13.5. The van der Waals surface area contributed by atoms with Crippen LogP contribution in [-0.4, -0.2) is 61.5 Å². The topological polar surface area (TPSA) is 49.9 Å². The number of likely N-dealkylation sites (N-methyl/N-ethyl adjacent to an activating group) is 1. The molecule has 0 aromatic carbocycles. The van der Waals surface area contributed by atoms with Crippen LogP contribution in [0.4, 0.5) is 0 Å². The number of hydrogen-bond acceptors (Lipinski definition) is 3. The minimum atomic E-state index is -0.995. The van der Waals surface area contributed by atoms with Gasteiger partial charge in [0.1, 0.15) is 0 Å². The highest BCUT2D eigenvalue weighted by Crippen LogP contribution is 2.13. The Hall–Kier alpha value is -1.10. The second-order valence-electron chi connectivity index (χ2n) is 10.1. The molecule has 0 rings (SSSR count). The molecular formula is C29H58N2O3. The highest BCUT2D eigenvalue weighted by Gasteiger charge is 2.32. The van der Waals surface area contributed by atoms with E-state index in [0.29, 0.717) is 6.61 Å². The van der Waals surface area contributed by atoms with Crippen molar-refractivity contribution in [3.8, 4) is 0 Å². The number of ether oxygens (including phenoxy) is 1. The van der Waals surface area contributed by atoms with Gasteiger partial charge in [0, 0.05) is 33.8 Å². The van der Waals surface area contributed by atoms with E-state index in [1.807, 2.05) is 4.90 Å². The summed E-state index contributed by atoms with van der Waals surface area (Å²) >= 11 is 0. The molecule has 0 saturated carbocycles. The minimum Gasteiger partial charge on any atom is -0.359 e. The number of rotatable bonds is 24. The van der Waals surface area contributed by atoms with Crippen LogP contribution < -0.4 is 0 Å². The lowest BCUT2D eigenvalue weighted by Gasteiger charge is -2.28. The van der Waals surface area contributed by atoms with Crippen LogP contribution in [0.5, 0.6) is 0 Å². The van der Waals surface area contributed by atoms with E-state index in [9.17, 15) is 9.59 Å². The minimum absolute atomic E-state index is 0.133. The Kier molecular flexibility index (Phi) is 22.9. The van der Waals surface area contributed by atoms with Gasteiger partial charge in [-0.1, -0.05) is 117 Å². The highest BCUT2D eigenvalue weighted by atomic mass is 16.5. The molecule has 0 aliphatic heterocycles. The molecule has 0 spiro atoms. The average Bonchev–Trinajstić information content (AvgIpc) is 2.83. The third-order valence-electron chi connectivity index (χ3n) is 6.55. The Morgan fingerprint density at radius 1 is 0.559 bits per heavy atom. The van der Waals surface area contributed by atoms with Gasteiger partial charge in [0.05, 0.1) is 0 Å². The van der Waals surface area contributed by atoms with Crippen LogP contribution in [0, 0.1) is 0 Å². The number of carbonyl (C=O) groups excluding carboxylic acids is 2. The first-order valence-corrected chi connectivity index (χ1v) is 14.6. The Balaban J connectivity index is 4.87. The molecule has 5 nitrogen and oxygen atoms in total. The number of amides is 2. The molecule has 1 atom stereocenters.